The fourth-order valence-electron chi connectivity index (χ4n) is 3.17. The molecule has 2 fully saturated rings. The molecule has 0 saturated carbocycles. The Bertz CT molecular complexity index is 1180. The topological polar surface area (TPSA) is 143 Å². The van der Waals surface area contributed by atoms with E-state index in [1.165, 1.54) is 22.9 Å². The molecule has 2 aliphatic heterocycles. The number of hydrogen-bond acceptors (Lipinski definition) is 10. The third-order valence-corrected chi connectivity index (χ3v) is 6.81. The third-order valence-electron chi connectivity index (χ3n) is 4.78. The first-order chi connectivity index (χ1) is 16.9. The second-order valence-corrected chi connectivity index (χ2v) is 9.42. The standard InChI is InChI=1S/C22H21N5O6S2/c1-2-32-20(31)13-5-7-14(8-6-13)23-17(28)10-16-19(30)27(11-15-4-3-9-33-15)22(35-16)26-25-21-24-18(29)12-34-21/h3-9,16H,2,10-12H2,1H3,(H,23,28)(H,24,25,29)/b26-22-/t16-/m1/s1. The largest absolute Gasteiger partial charge is 0.467 e. The Morgan fingerprint density at radius 3 is 2.69 bits per heavy atom. The number of carbonyl (C=O) groups is 4. The van der Waals surface area contributed by atoms with Crippen LogP contribution in [0.15, 0.2) is 57.3 Å². The zero-order chi connectivity index (χ0) is 24.8. The maximum Gasteiger partial charge on any atom is 0.338 e. The van der Waals surface area contributed by atoms with Gasteiger partial charge in [-0.3, -0.25) is 19.3 Å². The number of hydrogen-bond donors (Lipinski definition) is 2. The van der Waals surface area contributed by atoms with Crippen molar-refractivity contribution in [1.29, 1.82) is 0 Å². The van der Waals surface area contributed by atoms with Crippen molar-refractivity contribution in [3.63, 3.8) is 0 Å². The van der Waals surface area contributed by atoms with Crippen LogP contribution < -0.4 is 10.6 Å². The lowest BCUT2D eigenvalue weighted by Gasteiger charge is -2.14. The highest BCUT2D eigenvalue weighted by atomic mass is 32.2. The first-order valence-electron chi connectivity index (χ1n) is 10.6. The molecule has 1 aromatic heterocycles. The summed E-state index contributed by atoms with van der Waals surface area (Å²) < 4.78 is 10.3. The quantitative estimate of drug-likeness (QED) is 0.403. The number of furan rings is 1. The molecular formula is C22H21N5O6S2. The van der Waals surface area contributed by atoms with E-state index in [0.29, 0.717) is 27.3 Å². The molecule has 3 heterocycles. The van der Waals surface area contributed by atoms with Crippen molar-refractivity contribution in [2.45, 2.75) is 25.1 Å². The molecule has 2 saturated heterocycles. The maximum atomic E-state index is 13.1. The first kappa shape index (κ1) is 24.5. The van der Waals surface area contributed by atoms with Crippen molar-refractivity contribution < 1.29 is 28.3 Å². The van der Waals surface area contributed by atoms with Crippen LogP contribution in [0.3, 0.4) is 0 Å². The van der Waals surface area contributed by atoms with Gasteiger partial charge in [0.15, 0.2) is 10.3 Å². The van der Waals surface area contributed by atoms with Gasteiger partial charge < -0.3 is 19.8 Å². The summed E-state index contributed by atoms with van der Waals surface area (Å²) in [6.07, 6.45) is 1.40. The zero-order valence-corrected chi connectivity index (χ0v) is 20.2. The third kappa shape index (κ3) is 6.31. The number of amides is 3. The van der Waals surface area contributed by atoms with Crippen LogP contribution >= 0.6 is 23.5 Å². The van der Waals surface area contributed by atoms with Gasteiger partial charge in [-0.05, 0) is 43.3 Å². The van der Waals surface area contributed by atoms with Crippen LogP contribution in [-0.2, 0) is 25.7 Å². The average Bonchev–Trinajstić information content (AvgIpc) is 3.57. The molecule has 35 heavy (non-hydrogen) atoms. The van der Waals surface area contributed by atoms with Gasteiger partial charge in [-0.2, -0.15) is 0 Å². The summed E-state index contributed by atoms with van der Waals surface area (Å²) in [5.41, 5.74) is 0.860. The van der Waals surface area contributed by atoms with E-state index in [1.54, 1.807) is 43.3 Å². The van der Waals surface area contributed by atoms with Gasteiger partial charge >= 0.3 is 5.97 Å². The number of nitrogens with zero attached hydrogens (tertiary/aromatic N) is 3. The Morgan fingerprint density at radius 2 is 2.03 bits per heavy atom. The molecule has 182 valence electrons. The molecule has 1 aromatic carbocycles. The van der Waals surface area contributed by atoms with Crippen LogP contribution in [0.2, 0.25) is 0 Å². The lowest BCUT2D eigenvalue weighted by Crippen LogP contribution is -2.33. The molecule has 0 bridgehead atoms. The predicted molar refractivity (Wildman–Crippen MR) is 132 cm³/mol. The minimum atomic E-state index is -0.714. The van der Waals surface area contributed by atoms with Gasteiger partial charge in [0.2, 0.25) is 17.7 Å². The molecule has 3 amide bonds. The van der Waals surface area contributed by atoms with Crippen LogP contribution in [0, 0.1) is 0 Å². The second kappa shape index (κ2) is 11.2. The molecule has 2 aliphatic rings. The van der Waals surface area contributed by atoms with Crippen LogP contribution in [0.1, 0.15) is 29.5 Å². The molecule has 2 N–H and O–H groups in total. The molecule has 0 aliphatic carbocycles. The molecule has 0 radical (unpaired) electrons. The van der Waals surface area contributed by atoms with E-state index in [-0.39, 0.29) is 43.0 Å². The number of rotatable bonds is 8. The van der Waals surface area contributed by atoms with E-state index in [9.17, 15) is 19.2 Å². The Hall–Kier alpha value is -3.58. The van der Waals surface area contributed by atoms with Gasteiger partial charge in [0, 0.05) is 12.1 Å². The highest BCUT2D eigenvalue weighted by Gasteiger charge is 2.40. The number of carbonyl (C=O) groups excluding carboxylic acids is 4. The van der Waals surface area contributed by atoms with Crippen LogP contribution in [0.5, 0.6) is 0 Å². The van der Waals surface area contributed by atoms with Crippen molar-refractivity contribution in [2.24, 2.45) is 10.2 Å². The highest BCUT2D eigenvalue weighted by molar-refractivity contribution is 8.15. The number of esters is 1. The summed E-state index contributed by atoms with van der Waals surface area (Å²) in [6.45, 7) is 2.13. The fourth-order valence-corrected chi connectivity index (χ4v) is 4.88. The van der Waals surface area contributed by atoms with Crippen molar-refractivity contribution >= 4 is 63.2 Å². The van der Waals surface area contributed by atoms with Crippen molar-refractivity contribution in [3.05, 3.63) is 54.0 Å². The maximum absolute atomic E-state index is 13.1. The summed E-state index contributed by atoms with van der Waals surface area (Å²) in [4.78, 5) is 50.3. The monoisotopic (exact) mass is 515 g/mol. The molecule has 0 spiro atoms. The molecule has 4 rings (SSSR count). The van der Waals surface area contributed by atoms with Crippen LogP contribution in [0.4, 0.5) is 5.69 Å². The van der Waals surface area contributed by atoms with Gasteiger partial charge in [0.25, 0.3) is 0 Å². The SMILES string of the molecule is CCOC(=O)c1ccc(NC(=O)C[C@H]2S/C(=N\N=C3NC(=O)CS3)N(Cc3ccco3)C2=O)cc1. The minimum absolute atomic E-state index is 0.0984. The molecule has 2 aromatic rings. The molecular weight excluding hydrogens is 494 g/mol. The number of thioether (sulfide) groups is 2. The van der Waals surface area contributed by atoms with Crippen molar-refractivity contribution in [3.8, 4) is 0 Å². The minimum Gasteiger partial charge on any atom is -0.467 e. The average molecular weight is 516 g/mol. The molecule has 1 atom stereocenters. The predicted octanol–water partition coefficient (Wildman–Crippen LogP) is 2.42. The summed E-state index contributed by atoms with van der Waals surface area (Å²) in [5.74, 6) is -0.475. The molecule has 13 heteroatoms. The normalized spacial score (nSPS) is 19.9. The van der Waals surface area contributed by atoms with E-state index in [0.717, 1.165) is 11.8 Å². The Kier molecular flexibility index (Phi) is 7.87. The zero-order valence-electron chi connectivity index (χ0n) is 18.6. The summed E-state index contributed by atoms with van der Waals surface area (Å²) in [5, 5.41) is 13.4. The molecule has 11 nitrogen and oxygen atoms in total. The summed E-state index contributed by atoms with van der Waals surface area (Å²) in [6, 6.07) is 9.73. The van der Waals surface area contributed by atoms with Gasteiger partial charge in [-0.25, -0.2) is 4.79 Å². The lowest BCUT2D eigenvalue weighted by atomic mass is 10.2. The Labute approximate surface area is 208 Å². The van der Waals surface area contributed by atoms with E-state index in [1.807, 2.05) is 0 Å². The fraction of sp³-hybridized carbons (Fsp3) is 0.273. The number of nitrogens with one attached hydrogen (secondary N) is 2. The Morgan fingerprint density at radius 1 is 1.23 bits per heavy atom. The second-order valence-electron chi connectivity index (χ2n) is 7.28. The first-order valence-corrected chi connectivity index (χ1v) is 12.4. The van der Waals surface area contributed by atoms with E-state index in [2.05, 4.69) is 20.8 Å². The summed E-state index contributed by atoms with van der Waals surface area (Å²) >= 11 is 2.33. The van der Waals surface area contributed by atoms with Crippen LogP contribution in [0.25, 0.3) is 0 Å². The van der Waals surface area contributed by atoms with Gasteiger partial charge in [0.05, 0.1) is 30.7 Å². The van der Waals surface area contributed by atoms with Crippen LogP contribution in [-0.4, -0.2) is 56.5 Å². The lowest BCUT2D eigenvalue weighted by molar-refractivity contribution is -0.128. The van der Waals surface area contributed by atoms with Crippen molar-refractivity contribution in [2.75, 3.05) is 17.7 Å². The number of anilines is 1. The summed E-state index contributed by atoms with van der Waals surface area (Å²) in [7, 11) is 0. The molecule has 0 unspecified atom stereocenters. The van der Waals surface area contributed by atoms with Gasteiger partial charge in [0.1, 0.15) is 11.0 Å². The van der Waals surface area contributed by atoms with E-state index in [4.69, 9.17) is 9.15 Å². The number of amidine groups is 2. The van der Waals surface area contributed by atoms with E-state index >= 15 is 0 Å². The van der Waals surface area contributed by atoms with Gasteiger partial charge in [-0.1, -0.05) is 23.5 Å². The van der Waals surface area contributed by atoms with Gasteiger partial charge in [-0.15, -0.1) is 10.2 Å². The van der Waals surface area contributed by atoms with E-state index < -0.39 is 11.2 Å². The highest BCUT2D eigenvalue weighted by Crippen LogP contribution is 2.31. The van der Waals surface area contributed by atoms with Crippen molar-refractivity contribution in [1.82, 2.24) is 10.2 Å². The Balaban J connectivity index is 1.43. The number of ether oxygens (including phenoxy) is 1. The smallest absolute Gasteiger partial charge is 0.338 e. The number of benzene rings is 1.